The van der Waals surface area contributed by atoms with E-state index >= 15 is 0 Å². The monoisotopic (exact) mass is 312 g/mol. The van der Waals surface area contributed by atoms with Crippen molar-refractivity contribution in [3.05, 3.63) is 47.4 Å². The molecule has 0 atom stereocenters. The van der Waals surface area contributed by atoms with Crippen LogP contribution in [0, 0.1) is 13.8 Å². The van der Waals surface area contributed by atoms with E-state index < -0.39 is 0 Å². The van der Waals surface area contributed by atoms with E-state index in [-0.39, 0.29) is 5.91 Å². The minimum Gasteiger partial charge on any atom is -0.369 e. The summed E-state index contributed by atoms with van der Waals surface area (Å²) in [5, 5.41) is 6.09. The second kappa shape index (κ2) is 8.27. The molecule has 1 heterocycles. The lowest BCUT2D eigenvalue weighted by Gasteiger charge is -2.10. The van der Waals surface area contributed by atoms with Crippen molar-refractivity contribution in [2.45, 2.75) is 40.0 Å². The molecule has 122 valence electrons. The second-order valence-corrected chi connectivity index (χ2v) is 5.62. The average Bonchev–Trinajstić information content (AvgIpc) is 2.56. The zero-order chi connectivity index (χ0) is 16.7. The second-order valence-electron chi connectivity index (χ2n) is 5.62. The summed E-state index contributed by atoms with van der Waals surface area (Å²) in [6.45, 7) is 7.05. The molecule has 2 N–H and O–H groups in total. The predicted molar refractivity (Wildman–Crippen MR) is 93.9 cm³/mol. The molecule has 0 aliphatic heterocycles. The smallest absolute Gasteiger partial charge is 0.275 e. The third-order valence-electron chi connectivity index (χ3n) is 3.82. The number of aromatic nitrogens is 2. The summed E-state index contributed by atoms with van der Waals surface area (Å²) in [5.41, 5.74) is 3.31. The predicted octanol–water partition coefficient (Wildman–Crippen LogP) is 3.95. The van der Waals surface area contributed by atoms with Gasteiger partial charge in [-0.2, -0.15) is 0 Å². The summed E-state index contributed by atoms with van der Waals surface area (Å²) in [6.07, 6.45) is 6.58. The minimum atomic E-state index is -0.247. The van der Waals surface area contributed by atoms with Gasteiger partial charge in [-0.15, -0.1) is 0 Å². The van der Waals surface area contributed by atoms with Crippen LogP contribution in [0.1, 0.15) is 47.8 Å². The highest BCUT2D eigenvalue weighted by Gasteiger charge is 2.10. The maximum atomic E-state index is 12.3. The Morgan fingerprint density at radius 2 is 1.96 bits per heavy atom. The van der Waals surface area contributed by atoms with Crippen molar-refractivity contribution in [1.82, 2.24) is 9.97 Å². The minimum absolute atomic E-state index is 0.247. The Morgan fingerprint density at radius 1 is 1.13 bits per heavy atom. The fourth-order valence-electron chi connectivity index (χ4n) is 2.20. The largest absolute Gasteiger partial charge is 0.369 e. The average molecular weight is 312 g/mol. The van der Waals surface area contributed by atoms with Crippen LogP contribution in [0.2, 0.25) is 0 Å². The highest BCUT2D eigenvalue weighted by molar-refractivity contribution is 6.03. The molecule has 5 heteroatoms. The Labute approximate surface area is 137 Å². The lowest BCUT2D eigenvalue weighted by molar-refractivity contribution is 0.102. The highest BCUT2D eigenvalue weighted by atomic mass is 16.1. The molecule has 0 aliphatic carbocycles. The number of carbonyl (C=O) groups is 1. The summed E-state index contributed by atoms with van der Waals surface area (Å²) in [6, 6.07) is 5.83. The van der Waals surface area contributed by atoms with Gasteiger partial charge >= 0.3 is 0 Å². The van der Waals surface area contributed by atoms with Crippen molar-refractivity contribution in [2.24, 2.45) is 0 Å². The SMILES string of the molecule is CCCCCNc1cnc(C(=O)Nc2cccc(C)c2C)cn1. The summed E-state index contributed by atoms with van der Waals surface area (Å²) in [5.74, 6) is 0.452. The van der Waals surface area contributed by atoms with Crippen molar-refractivity contribution in [1.29, 1.82) is 0 Å². The summed E-state index contributed by atoms with van der Waals surface area (Å²) < 4.78 is 0. The summed E-state index contributed by atoms with van der Waals surface area (Å²) in [7, 11) is 0. The van der Waals surface area contributed by atoms with Gasteiger partial charge in [0.2, 0.25) is 0 Å². The van der Waals surface area contributed by atoms with Crippen LogP contribution in [-0.2, 0) is 0 Å². The molecule has 23 heavy (non-hydrogen) atoms. The molecule has 1 aromatic heterocycles. The Kier molecular flexibility index (Phi) is 6.09. The molecular formula is C18H24N4O. The normalized spacial score (nSPS) is 10.4. The lowest BCUT2D eigenvalue weighted by Crippen LogP contribution is -2.15. The number of nitrogens with zero attached hydrogens (tertiary/aromatic N) is 2. The Hall–Kier alpha value is -2.43. The number of rotatable bonds is 7. The molecule has 2 rings (SSSR count). The fraction of sp³-hybridized carbons (Fsp3) is 0.389. The van der Waals surface area contributed by atoms with Crippen molar-refractivity contribution in [3.8, 4) is 0 Å². The first kappa shape index (κ1) is 16.9. The molecule has 0 fully saturated rings. The van der Waals surface area contributed by atoms with Gasteiger partial charge in [0.1, 0.15) is 11.5 Å². The zero-order valence-electron chi connectivity index (χ0n) is 14.0. The molecule has 0 spiro atoms. The van der Waals surface area contributed by atoms with Gasteiger partial charge in [-0.25, -0.2) is 9.97 Å². The number of unbranched alkanes of at least 4 members (excludes halogenated alkanes) is 2. The molecule has 1 amide bonds. The third kappa shape index (κ3) is 4.77. The van der Waals surface area contributed by atoms with Gasteiger partial charge in [-0.3, -0.25) is 4.79 Å². The van der Waals surface area contributed by atoms with Crippen LogP contribution in [0.25, 0.3) is 0 Å². The van der Waals surface area contributed by atoms with Gasteiger partial charge in [0.25, 0.3) is 5.91 Å². The molecule has 0 saturated carbocycles. The highest BCUT2D eigenvalue weighted by Crippen LogP contribution is 2.18. The van der Waals surface area contributed by atoms with E-state index in [1.165, 1.54) is 19.0 Å². The standard InChI is InChI=1S/C18H24N4O/c1-4-5-6-10-19-17-12-20-16(11-21-17)18(23)22-15-9-7-8-13(2)14(15)3/h7-9,11-12H,4-6,10H2,1-3H3,(H,19,21)(H,22,23). The van der Waals surface area contributed by atoms with Crippen LogP contribution >= 0.6 is 0 Å². The molecule has 5 nitrogen and oxygen atoms in total. The molecule has 1 aromatic carbocycles. The number of carbonyl (C=O) groups excluding carboxylic acids is 1. The van der Waals surface area contributed by atoms with Crippen molar-refractivity contribution in [2.75, 3.05) is 17.2 Å². The first-order chi connectivity index (χ1) is 11.1. The molecular weight excluding hydrogens is 288 g/mol. The van der Waals surface area contributed by atoms with Crippen LogP contribution in [0.5, 0.6) is 0 Å². The van der Waals surface area contributed by atoms with Gasteiger partial charge in [-0.1, -0.05) is 31.9 Å². The van der Waals surface area contributed by atoms with E-state index in [9.17, 15) is 4.79 Å². The maximum absolute atomic E-state index is 12.3. The van der Waals surface area contributed by atoms with Gasteiger partial charge in [0.05, 0.1) is 12.4 Å². The number of hydrogen-bond donors (Lipinski definition) is 2. The molecule has 0 unspecified atom stereocenters. The quantitative estimate of drug-likeness (QED) is 0.760. The van der Waals surface area contributed by atoms with Crippen LogP contribution in [0.4, 0.5) is 11.5 Å². The topological polar surface area (TPSA) is 66.9 Å². The zero-order valence-corrected chi connectivity index (χ0v) is 14.0. The van der Waals surface area contributed by atoms with E-state index in [4.69, 9.17) is 0 Å². The molecule has 0 saturated heterocycles. The number of hydrogen-bond acceptors (Lipinski definition) is 4. The number of aryl methyl sites for hydroxylation is 1. The summed E-state index contributed by atoms with van der Waals surface area (Å²) >= 11 is 0. The number of anilines is 2. The van der Waals surface area contributed by atoms with Crippen molar-refractivity contribution in [3.63, 3.8) is 0 Å². The van der Waals surface area contributed by atoms with Gasteiger partial charge < -0.3 is 10.6 Å². The molecule has 2 aromatic rings. The van der Waals surface area contributed by atoms with E-state index in [1.807, 2.05) is 32.0 Å². The van der Waals surface area contributed by atoms with Gasteiger partial charge in [0.15, 0.2) is 0 Å². The number of amides is 1. The van der Waals surface area contributed by atoms with Crippen LogP contribution in [0.3, 0.4) is 0 Å². The summed E-state index contributed by atoms with van der Waals surface area (Å²) in [4.78, 5) is 20.7. The first-order valence-corrected chi connectivity index (χ1v) is 8.05. The Balaban J connectivity index is 1.96. The fourth-order valence-corrected chi connectivity index (χ4v) is 2.20. The maximum Gasteiger partial charge on any atom is 0.275 e. The Morgan fingerprint density at radius 3 is 2.65 bits per heavy atom. The third-order valence-corrected chi connectivity index (χ3v) is 3.82. The number of benzene rings is 1. The van der Waals surface area contributed by atoms with Crippen LogP contribution in [0.15, 0.2) is 30.6 Å². The van der Waals surface area contributed by atoms with E-state index in [0.717, 1.165) is 29.8 Å². The van der Waals surface area contributed by atoms with Crippen molar-refractivity contribution >= 4 is 17.4 Å². The number of nitrogens with one attached hydrogen (secondary N) is 2. The lowest BCUT2D eigenvalue weighted by atomic mass is 10.1. The van der Waals surface area contributed by atoms with E-state index in [1.54, 1.807) is 6.20 Å². The molecule has 0 bridgehead atoms. The molecule has 0 aliphatic rings. The van der Waals surface area contributed by atoms with Crippen molar-refractivity contribution < 1.29 is 4.79 Å². The van der Waals surface area contributed by atoms with Crippen LogP contribution in [-0.4, -0.2) is 22.4 Å². The molecule has 0 radical (unpaired) electrons. The van der Waals surface area contributed by atoms with E-state index in [0.29, 0.717) is 11.5 Å². The first-order valence-electron chi connectivity index (χ1n) is 8.05. The van der Waals surface area contributed by atoms with Crippen LogP contribution < -0.4 is 10.6 Å². The van der Waals surface area contributed by atoms with E-state index in [2.05, 4.69) is 27.5 Å². The Bertz CT molecular complexity index is 653. The van der Waals surface area contributed by atoms with Gasteiger partial charge in [0, 0.05) is 12.2 Å². The van der Waals surface area contributed by atoms with Gasteiger partial charge in [-0.05, 0) is 37.5 Å².